The van der Waals surface area contributed by atoms with Gasteiger partial charge in [0.05, 0.1) is 5.56 Å². The molecule has 1 aliphatic rings. The summed E-state index contributed by atoms with van der Waals surface area (Å²) in [4.78, 5) is 20.3. The Morgan fingerprint density at radius 2 is 2.10 bits per heavy atom. The van der Waals surface area contributed by atoms with E-state index in [2.05, 4.69) is 21.7 Å². The lowest BCUT2D eigenvalue weighted by molar-refractivity contribution is 0.1000. The highest BCUT2D eigenvalue weighted by Gasteiger charge is 2.24. The van der Waals surface area contributed by atoms with Gasteiger partial charge in [0.15, 0.2) is 0 Å². The lowest BCUT2D eigenvalue weighted by Crippen LogP contribution is -2.52. The van der Waals surface area contributed by atoms with E-state index in [1.54, 1.807) is 18.3 Å². The van der Waals surface area contributed by atoms with Crippen molar-refractivity contribution < 1.29 is 4.79 Å². The fourth-order valence-corrected chi connectivity index (χ4v) is 2.71. The maximum Gasteiger partial charge on any atom is 0.252 e. The third-order valence-electron chi connectivity index (χ3n) is 3.93. The number of nitrogens with two attached hydrogens (primary N) is 2. The van der Waals surface area contributed by atoms with Crippen LogP contribution in [-0.4, -0.2) is 54.6 Å². The first-order valence-corrected chi connectivity index (χ1v) is 7.11. The molecule has 6 nitrogen and oxygen atoms in total. The predicted molar refractivity (Wildman–Crippen MR) is 79.7 cm³/mol. The highest BCUT2D eigenvalue weighted by atomic mass is 16.1. The molecule has 2 rings (SSSR count). The molecule has 1 aromatic rings. The van der Waals surface area contributed by atoms with Crippen LogP contribution in [0.3, 0.4) is 0 Å². The van der Waals surface area contributed by atoms with Crippen molar-refractivity contribution in [1.82, 2.24) is 9.88 Å². The monoisotopic (exact) mass is 277 g/mol. The van der Waals surface area contributed by atoms with Crippen molar-refractivity contribution in [2.24, 2.45) is 11.5 Å². The minimum absolute atomic E-state index is 0.427. The minimum atomic E-state index is -0.427. The Kier molecular flexibility index (Phi) is 4.92. The molecular weight excluding hydrogens is 254 g/mol. The predicted octanol–water partition coefficient (Wildman–Crippen LogP) is 0.0398. The number of piperazine rings is 1. The SMILES string of the molecule is CCC(CN)N1CCN(c2ncccc2C(N)=O)CC1. The normalized spacial score (nSPS) is 18.0. The molecule has 0 radical (unpaired) electrons. The number of nitrogens with zero attached hydrogens (tertiary/aromatic N) is 3. The second kappa shape index (κ2) is 6.67. The number of amides is 1. The smallest absolute Gasteiger partial charge is 0.252 e. The van der Waals surface area contributed by atoms with Crippen LogP contribution >= 0.6 is 0 Å². The van der Waals surface area contributed by atoms with Gasteiger partial charge in [-0.3, -0.25) is 9.69 Å². The molecule has 1 amide bonds. The fraction of sp³-hybridized carbons (Fsp3) is 0.571. The Balaban J connectivity index is 2.06. The van der Waals surface area contributed by atoms with E-state index in [4.69, 9.17) is 11.5 Å². The van der Waals surface area contributed by atoms with Gasteiger partial charge in [-0.25, -0.2) is 4.98 Å². The zero-order valence-electron chi connectivity index (χ0n) is 12.0. The molecule has 1 aromatic heterocycles. The van der Waals surface area contributed by atoms with Crippen LogP contribution in [0.4, 0.5) is 5.82 Å². The van der Waals surface area contributed by atoms with E-state index in [0.29, 0.717) is 24.0 Å². The first kappa shape index (κ1) is 14.7. The van der Waals surface area contributed by atoms with Crippen LogP contribution in [0.1, 0.15) is 23.7 Å². The zero-order valence-corrected chi connectivity index (χ0v) is 12.0. The van der Waals surface area contributed by atoms with Crippen LogP contribution in [0.5, 0.6) is 0 Å². The van der Waals surface area contributed by atoms with Crippen molar-refractivity contribution in [2.45, 2.75) is 19.4 Å². The van der Waals surface area contributed by atoms with Gasteiger partial charge < -0.3 is 16.4 Å². The van der Waals surface area contributed by atoms with Crippen molar-refractivity contribution in [3.05, 3.63) is 23.9 Å². The van der Waals surface area contributed by atoms with Gasteiger partial charge in [-0.1, -0.05) is 6.92 Å². The van der Waals surface area contributed by atoms with Crippen molar-refractivity contribution in [3.63, 3.8) is 0 Å². The molecule has 0 aliphatic carbocycles. The van der Waals surface area contributed by atoms with E-state index in [-0.39, 0.29) is 0 Å². The molecule has 1 unspecified atom stereocenters. The molecular formula is C14H23N5O. The molecule has 4 N–H and O–H groups in total. The molecule has 110 valence electrons. The van der Waals surface area contributed by atoms with Crippen LogP contribution in [0, 0.1) is 0 Å². The molecule has 1 atom stereocenters. The van der Waals surface area contributed by atoms with Gasteiger partial charge in [-0.05, 0) is 18.6 Å². The van der Waals surface area contributed by atoms with E-state index >= 15 is 0 Å². The minimum Gasteiger partial charge on any atom is -0.365 e. The maximum absolute atomic E-state index is 11.5. The summed E-state index contributed by atoms with van der Waals surface area (Å²) in [6.45, 7) is 6.40. The van der Waals surface area contributed by atoms with Crippen LogP contribution in [0.2, 0.25) is 0 Å². The van der Waals surface area contributed by atoms with Gasteiger partial charge in [0.2, 0.25) is 0 Å². The highest BCUT2D eigenvalue weighted by Crippen LogP contribution is 2.19. The summed E-state index contributed by atoms with van der Waals surface area (Å²) in [6, 6.07) is 3.91. The van der Waals surface area contributed by atoms with Crippen molar-refractivity contribution in [3.8, 4) is 0 Å². The van der Waals surface area contributed by atoms with Crippen LogP contribution in [-0.2, 0) is 0 Å². The lowest BCUT2D eigenvalue weighted by atomic mass is 10.1. The number of anilines is 1. The van der Waals surface area contributed by atoms with E-state index in [1.807, 2.05) is 0 Å². The first-order valence-electron chi connectivity index (χ1n) is 7.11. The summed E-state index contributed by atoms with van der Waals surface area (Å²) in [7, 11) is 0. The molecule has 1 saturated heterocycles. The summed E-state index contributed by atoms with van der Waals surface area (Å²) in [5, 5.41) is 0. The van der Waals surface area contributed by atoms with E-state index in [0.717, 1.165) is 32.6 Å². The molecule has 6 heteroatoms. The highest BCUT2D eigenvalue weighted by molar-refractivity contribution is 5.97. The molecule has 0 bridgehead atoms. The number of rotatable bonds is 5. The van der Waals surface area contributed by atoms with E-state index < -0.39 is 5.91 Å². The summed E-state index contributed by atoms with van der Waals surface area (Å²) >= 11 is 0. The Hall–Kier alpha value is -1.66. The average molecular weight is 277 g/mol. The van der Waals surface area contributed by atoms with Gasteiger partial charge in [0.25, 0.3) is 5.91 Å². The summed E-state index contributed by atoms with van der Waals surface area (Å²) in [5.74, 6) is 0.268. The van der Waals surface area contributed by atoms with Crippen LogP contribution in [0.15, 0.2) is 18.3 Å². The number of carbonyl (C=O) groups is 1. The Labute approximate surface area is 119 Å². The summed E-state index contributed by atoms with van der Waals surface area (Å²) < 4.78 is 0. The van der Waals surface area contributed by atoms with Gasteiger partial charge in [-0.15, -0.1) is 0 Å². The van der Waals surface area contributed by atoms with Crippen molar-refractivity contribution in [1.29, 1.82) is 0 Å². The van der Waals surface area contributed by atoms with Crippen molar-refractivity contribution >= 4 is 11.7 Å². The quantitative estimate of drug-likeness (QED) is 0.793. The Bertz CT molecular complexity index is 453. The topological polar surface area (TPSA) is 88.5 Å². The molecule has 1 fully saturated rings. The van der Waals surface area contributed by atoms with Crippen LogP contribution < -0.4 is 16.4 Å². The summed E-state index contributed by atoms with van der Waals surface area (Å²) in [6.07, 6.45) is 2.76. The molecule has 20 heavy (non-hydrogen) atoms. The second-order valence-corrected chi connectivity index (χ2v) is 5.06. The van der Waals surface area contributed by atoms with Crippen LogP contribution in [0.25, 0.3) is 0 Å². The Morgan fingerprint density at radius 1 is 1.40 bits per heavy atom. The van der Waals surface area contributed by atoms with E-state index in [9.17, 15) is 4.79 Å². The second-order valence-electron chi connectivity index (χ2n) is 5.06. The van der Waals surface area contributed by atoms with Gasteiger partial charge in [-0.2, -0.15) is 0 Å². The summed E-state index contributed by atoms with van der Waals surface area (Å²) in [5.41, 5.74) is 11.7. The number of primary amides is 1. The number of carbonyl (C=O) groups excluding carboxylic acids is 1. The fourth-order valence-electron chi connectivity index (χ4n) is 2.71. The molecule has 1 aliphatic heterocycles. The average Bonchev–Trinajstić information content (AvgIpc) is 2.49. The lowest BCUT2D eigenvalue weighted by Gasteiger charge is -2.39. The third-order valence-corrected chi connectivity index (χ3v) is 3.93. The Morgan fingerprint density at radius 3 is 2.65 bits per heavy atom. The van der Waals surface area contributed by atoms with Crippen molar-refractivity contribution in [2.75, 3.05) is 37.6 Å². The number of pyridine rings is 1. The number of hydrogen-bond donors (Lipinski definition) is 2. The zero-order chi connectivity index (χ0) is 14.5. The number of hydrogen-bond acceptors (Lipinski definition) is 5. The largest absolute Gasteiger partial charge is 0.365 e. The third kappa shape index (κ3) is 3.08. The maximum atomic E-state index is 11.5. The molecule has 2 heterocycles. The number of aromatic nitrogens is 1. The standard InChI is InChI=1S/C14H23N5O/c1-2-11(10-15)18-6-8-19(9-7-18)14-12(13(16)20)4-3-5-17-14/h3-5,11H,2,6-10,15H2,1H3,(H2,16,20). The van der Waals surface area contributed by atoms with Gasteiger partial charge >= 0.3 is 0 Å². The van der Waals surface area contributed by atoms with E-state index in [1.165, 1.54) is 0 Å². The molecule has 0 saturated carbocycles. The van der Waals surface area contributed by atoms with Gasteiger partial charge in [0.1, 0.15) is 5.82 Å². The first-order chi connectivity index (χ1) is 9.67. The molecule has 0 aromatic carbocycles. The molecule has 0 spiro atoms. The van der Waals surface area contributed by atoms with Gasteiger partial charge in [0, 0.05) is 45.0 Å².